The van der Waals surface area contributed by atoms with E-state index in [-0.39, 0.29) is 11.7 Å². The molecule has 1 N–H and O–H groups in total. The highest BCUT2D eigenvalue weighted by Gasteiger charge is 2.23. The number of hydrogen-bond acceptors (Lipinski definition) is 6. The van der Waals surface area contributed by atoms with E-state index in [4.69, 9.17) is 14.2 Å². The van der Waals surface area contributed by atoms with Gasteiger partial charge in [0.05, 0.1) is 37.4 Å². The monoisotopic (exact) mass is 472 g/mol. The third-order valence-electron chi connectivity index (χ3n) is 5.92. The molecular formula is C24H23F3N4O3. The van der Waals surface area contributed by atoms with Gasteiger partial charge in [-0.3, -0.25) is 4.40 Å². The first-order valence-corrected chi connectivity index (χ1v) is 10.9. The summed E-state index contributed by atoms with van der Waals surface area (Å²) >= 11 is 0. The number of ether oxygens (including phenoxy) is 3. The zero-order chi connectivity index (χ0) is 23.8. The molecular weight excluding hydrogens is 449 g/mol. The number of hydrogen-bond donors (Lipinski definition) is 1. The van der Waals surface area contributed by atoms with Gasteiger partial charge in [-0.05, 0) is 13.0 Å². The molecule has 2 aromatic carbocycles. The van der Waals surface area contributed by atoms with Gasteiger partial charge in [0.1, 0.15) is 17.7 Å². The predicted molar refractivity (Wildman–Crippen MR) is 120 cm³/mol. The van der Waals surface area contributed by atoms with Gasteiger partial charge in [-0.15, -0.1) is 0 Å². The highest BCUT2D eigenvalue weighted by Crippen LogP contribution is 2.38. The molecule has 34 heavy (non-hydrogen) atoms. The number of anilines is 1. The summed E-state index contributed by atoms with van der Waals surface area (Å²) in [5.41, 5.74) is 0.224. The van der Waals surface area contributed by atoms with Crippen LogP contribution in [-0.4, -0.2) is 40.8 Å². The molecule has 0 radical (unpaired) electrons. The second-order valence-electron chi connectivity index (χ2n) is 8.10. The quantitative estimate of drug-likeness (QED) is 0.393. The van der Waals surface area contributed by atoms with Crippen molar-refractivity contribution in [3.05, 3.63) is 59.7 Å². The van der Waals surface area contributed by atoms with E-state index < -0.39 is 23.8 Å². The maximum atomic E-state index is 14.8. The van der Waals surface area contributed by atoms with Crippen LogP contribution in [0.1, 0.15) is 36.9 Å². The molecule has 1 aliphatic rings. The van der Waals surface area contributed by atoms with Crippen LogP contribution in [0.2, 0.25) is 0 Å². The zero-order valence-electron chi connectivity index (χ0n) is 18.6. The molecule has 1 fully saturated rings. The van der Waals surface area contributed by atoms with Gasteiger partial charge in [0.2, 0.25) is 5.78 Å². The maximum Gasteiger partial charge on any atom is 0.266 e. The molecule has 1 saturated heterocycles. The Morgan fingerprint density at radius 1 is 1.21 bits per heavy atom. The zero-order valence-corrected chi connectivity index (χ0v) is 18.6. The average molecular weight is 472 g/mol. The molecule has 7 nitrogen and oxygen atoms in total. The van der Waals surface area contributed by atoms with Gasteiger partial charge in [0, 0.05) is 35.8 Å². The Bertz CT molecular complexity index is 1340. The molecule has 10 heteroatoms. The normalized spacial score (nSPS) is 16.9. The third-order valence-corrected chi connectivity index (χ3v) is 5.92. The van der Waals surface area contributed by atoms with Crippen LogP contribution in [0, 0.1) is 5.82 Å². The van der Waals surface area contributed by atoms with Gasteiger partial charge < -0.3 is 19.5 Å². The SMILES string of the molecule is COc1cc2c(cc1OC1CCOC1)c(NC(C)c1cccc(C(F)F)c1F)nc1nccn12. The van der Waals surface area contributed by atoms with E-state index in [1.807, 2.05) is 6.07 Å². The number of benzene rings is 2. The predicted octanol–water partition coefficient (Wildman–Crippen LogP) is 5.31. The minimum Gasteiger partial charge on any atom is -0.493 e. The molecule has 2 aromatic heterocycles. The number of imidazole rings is 1. The minimum atomic E-state index is -2.90. The van der Waals surface area contributed by atoms with Crippen molar-refractivity contribution in [2.75, 3.05) is 25.6 Å². The Hall–Kier alpha value is -3.53. The highest BCUT2D eigenvalue weighted by molar-refractivity contribution is 5.93. The largest absolute Gasteiger partial charge is 0.493 e. The van der Waals surface area contributed by atoms with Crippen molar-refractivity contribution in [2.45, 2.75) is 31.9 Å². The summed E-state index contributed by atoms with van der Waals surface area (Å²) in [4.78, 5) is 8.87. The number of alkyl halides is 2. The molecule has 2 unspecified atom stereocenters. The van der Waals surface area contributed by atoms with Crippen molar-refractivity contribution in [1.29, 1.82) is 0 Å². The fourth-order valence-electron chi connectivity index (χ4n) is 4.17. The van der Waals surface area contributed by atoms with Crippen LogP contribution < -0.4 is 14.8 Å². The molecule has 0 amide bonds. The van der Waals surface area contributed by atoms with Crippen LogP contribution in [0.15, 0.2) is 42.7 Å². The smallest absolute Gasteiger partial charge is 0.266 e. The summed E-state index contributed by atoms with van der Waals surface area (Å²) in [6.45, 7) is 2.81. The van der Waals surface area contributed by atoms with E-state index >= 15 is 0 Å². The van der Waals surface area contributed by atoms with Crippen LogP contribution in [0.3, 0.4) is 0 Å². The number of aromatic nitrogens is 3. The molecule has 3 heterocycles. The summed E-state index contributed by atoms with van der Waals surface area (Å²) in [6, 6.07) is 6.96. The first-order chi connectivity index (χ1) is 16.5. The topological polar surface area (TPSA) is 69.9 Å². The van der Waals surface area contributed by atoms with Crippen molar-refractivity contribution in [3.8, 4) is 11.5 Å². The van der Waals surface area contributed by atoms with E-state index in [1.165, 1.54) is 12.1 Å². The molecule has 0 spiro atoms. The van der Waals surface area contributed by atoms with E-state index in [0.717, 1.165) is 18.0 Å². The number of nitrogens with one attached hydrogen (secondary N) is 1. The van der Waals surface area contributed by atoms with E-state index in [0.29, 0.717) is 41.7 Å². The lowest BCUT2D eigenvalue weighted by Gasteiger charge is -2.20. The molecule has 1 aliphatic heterocycles. The van der Waals surface area contributed by atoms with Crippen LogP contribution in [0.5, 0.6) is 11.5 Å². The molecule has 0 aliphatic carbocycles. The van der Waals surface area contributed by atoms with Gasteiger partial charge in [-0.2, -0.15) is 4.98 Å². The lowest BCUT2D eigenvalue weighted by Crippen LogP contribution is -2.16. The second-order valence-corrected chi connectivity index (χ2v) is 8.10. The maximum absolute atomic E-state index is 14.8. The minimum absolute atomic E-state index is 0.0993. The Kier molecular flexibility index (Phi) is 5.91. The van der Waals surface area contributed by atoms with E-state index in [9.17, 15) is 13.2 Å². The summed E-state index contributed by atoms with van der Waals surface area (Å²) in [5, 5.41) is 3.86. The van der Waals surface area contributed by atoms with Gasteiger partial charge >= 0.3 is 0 Å². The van der Waals surface area contributed by atoms with Gasteiger partial charge in [-0.25, -0.2) is 18.2 Å². The third kappa shape index (κ3) is 3.98. The fourth-order valence-corrected chi connectivity index (χ4v) is 4.17. The van der Waals surface area contributed by atoms with E-state index in [2.05, 4.69) is 15.3 Å². The van der Waals surface area contributed by atoms with Crippen molar-refractivity contribution in [1.82, 2.24) is 14.4 Å². The van der Waals surface area contributed by atoms with Crippen molar-refractivity contribution < 1.29 is 27.4 Å². The van der Waals surface area contributed by atoms with Crippen molar-refractivity contribution in [3.63, 3.8) is 0 Å². The average Bonchev–Trinajstić information content (AvgIpc) is 3.50. The Balaban J connectivity index is 1.60. The van der Waals surface area contributed by atoms with Gasteiger partial charge in [-0.1, -0.05) is 18.2 Å². The lowest BCUT2D eigenvalue weighted by atomic mass is 10.0. The standard InChI is InChI=1S/C24H23F3N4O3/c1-13(15-4-3-5-16(21(15)25)22(26)27)29-23-17-10-20(34-14-6-9-33-12-14)19(32-2)11-18(17)31-8-7-28-24(31)30-23/h3-5,7-8,10-11,13-14,22H,6,9,12H2,1-2H3,(H,28,29,30). The Labute approximate surface area is 193 Å². The van der Waals surface area contributed by atoms with Crippen LogP contribution in [-0.2, 0) is 4.74 Å². The van der Waals surface area contributed by atoms with Crippen molar-refractivity contribution >= 4 is 22.5 Å². The summed E-state index contributed by atoms with van der Waals surface area (Å²) in [6.07, 6.45) is 1.15. The molecule has 2 atom stereocenters. The van der Waals surface area contributed by atoms with Gasteiger partial charge in [0.25, 0.3) is 6.43 Å². The molecule has 4 aromatic rings. The van der Waals surface area contributed by atoms with E-state index in [1.54, 1.807) is 36.9 Å². The first kappa shape index (κ1) is 22.3. The molecule has 178 valence electrons. The summed E-state index contributed by atoms with van der Waals surface area (Å²) < 4.78 is 60.1. The molecule has 0 saturated carbocycles. The number of rotatable bonds is 7. The summed E-state index contributed by atoms with van der Waals surface area (Å²) in [5.74, 6) is 0.960. The number of halogens is 3. The lowest BCUT2D eigenvalue weighted by molar-refractivity contribution is 0.139. The number of fused-ring (bicyclic) bond motifs is 3. The molecule has 0 bridgehead atoms. The Morgan fingerprint density at radius 3 is 2.76 bits per heavy atom. The van der Waals surface area contributed by atoms with Crippen molar-refractivity contribution in [2.24, 2.45) is 0 Å². The van der Waals surface area contributed by atoms with Crippen LogP contribution >= 0.6 is 0 Å². The van der Waals surface area contributed by atoms with Gasteiger partial charge in [0.15, 0.2) is 11.5 Å². The van der Waals surface area contributed by atoms with Crippen LogP contribution in [0.25, 0.3) is 16.7 Å². The fraction of sp³-hybridized carbons (Fsp3) is 0.333. The highest BCUT2D eigenvalue weighted by atomic mass is 19.3. The molecule has 5 rings (SSSR count). The first-order valence-electron chi connectivity index (χ1n) is 10.9. The Morgan fingerprint density at radius 2 is 2.03 bits per heavy atom. The summed E-state index contributed by atoms with van der Waals surface area (Å²) in [7, 11) is 1.56. The number of methoxy groups -OCH3 is 1. The number of nitrogens with zero attached hydrogens (tertiary/aromatic N) is 3. The van der Waals surface area contributed by atoms with Crippen LogP contribution in [0.4, 0.5) is 19.0 Å². The second kappa shape index (κ2) is 9.02.